The molecule has 7 heteroatoms. The molecule has 0 saturated carbocycles. The predicted octanol–water partition coefficient (Wildman–Crippen LogP) is 4.76. The summed E-state index contributed by atoms with van der Waals surface area (Å²) in [6, 6.07) is 18.6. The Morgan fingerprint density at radius 1 is 1.03 bits per heavy atom. The number of esters is 1. The quantitative estimate of drug-likeness (QED) is 0.417. The first-order chi connectivity index (χ1) is 16.0. The first-order valence-electron chi connectivity index (χ1n) is 10.9. The largest absolute Gasteiger partial charge is 0.462 e. The van der Waals surface area contributed by atoms with Crippen LogP contribution in [-0.4, -0.2) is 33.1 Å². The molecule has 4 rings (SSSR count). The predicted molar refractivity (Wildman–Crippen MR) is 127 cm³/mol. The molecule has 4 aromatic rings. The zero-order chi connectivity index (χ0) is 23.4. The van der Waals surface area contributed by atoms with Gasteiger partial charge < -0.3 is 10.1 Å². The summed E-state index contributed by atoms with van der Waals surface area (Å²) < 4.78 is 6.82. The van der Waals surface area contributed by atoms with Gasteiger partial charge in [-0.15, -0.1) is 0 Å². The van der Waals surface area contributed by atoms with Crippen molar-refractivity contribution in [3.05, 3.63) is 83.2 Å². The van der Waals surface area contributed by atoms with E-state index in [9.17, 15) is 9.59 Å². The van der Waals surface area contributed by atoms with E-state index in [1.165, 1.54) is 0 Å². The van der Waals surface area contributed by atoms with Gasteiger partial charge in [0, 0.05) is 35.1 Å². The van der Waals surface area contributed by atoms with Crippen LogP contribution in [0.25, 0.3) is 16.9 Å². The first kappa shape index (κ1) is 22.2. The van der Waals surface area contributed by atoms with Gasteiger partial charge in [-0.25, -0.2) is 14.3 Å². The molecule has 33 heavy (non-hydrogen) atoms. The summed E-state index contributed by atoms with van der Waals surface area (Å²) in [7, 11) is 0. The lowest BCUT2D eigenvalue weighted by atomic mass is 10.1. The summed E-state index contributed by atoms with van der Waals surface area (Å²) in [6.07, 6.45) is 0.856. The van der Waals surface area contributed by atoms with Gasteiger partial charge in [-0.3, -0.25) is 4.79 Å². The van der Waals surface area contributed by atoms with Gasteiger partial charge in [0.1, 0.15) is 0 Å². The lowest BCUT2D eigenvalue weighted by Crippen LogP contribution is -2.14. The molecule has 0 atom stereocenters. The number of nitrogens with one attached hydrogen (secondary N) is 1. The topological polar surface area (TPSA) is 85.6 Å². The Balaban J connectivity index is 1.45. The summed E-state index contributed by atoms with van der Waals surface area (Å²) >= 11 is 0. The molecule has 0 unspecified atom stereocenters. The van der Waals surface area contributed by atoms with Crippen LogP contribution in [0, 0.1) is 13.8 Å². The first-order valence-corrected chi connectivity index (χ1v) is 10.9. The van der Waals surface area contributed by atoms with Crippen LogP contribution in [0.3, 0.4) is 0 Å². The van der Waals surface area contributed by atoms with Crippen molar-refractivity contribution in [3.8, 4) is 11.3 Å². The Kier molecular flexibility index (Phi) is 6.49. The van der Waals surface area contributed by atoms with Crippen LogP contribution in [0.15, 0.2) is 60.7 Å². The van der Waals surface area contributed by atoms with Crippen LogP contribution in [0.5, 0.6) is 0 Å². The van der Waals surface area contributed by atoms with Gasteiger partial charge in [-0.2, -0.15) is 5.10 Å². The van der Waals surface area contributed by atoms with E-state index >= 15 is 0 Å². The van der Waals surface area contributed by atoms with E-state index in [1.54, 1.807) is 31.2 Å². The average Bonchev–Trinajstić information content (AvgIpc) is 3.24. The number of carbonyl (C=O) groups is 2. The van der Waals surface area contributed by atoms with Crippen molar-refractivity contribution in [1.29, 1.82) is 0 Å². The van der Waals surface area contributed by atoms with Gasteiger partial charge in [0.25, 0.3) is 0 Å². The van der Waals surface area contributed by atoms with E-state index in [1.807, 2.05) is 54.8 Å². The highest BCUT2D eigenvalue weighted by atomic mass is 16.5. The minimum Gasteiger partial charge on any atom is -0.462 e. The van der Waals surface area contributed by atoms with E-state index in [2.05, 4.69) is 5.32 Å². The molecule has 0 radical (unpaired) electrons. The molecule has 7 nitrogen and oxygen atoms in total. The number of carbonyl (C=O) groups excluding carboxylic acids is 2. The fourth-order valence-corrected chi connectivity index (χ4v) is 3.80. The number of benzene rings is 2. The Hall–Kier alpha value is -4.00. The van der Waals surface area contributed by atoms with Crippen molar-refractivity contribution in [1.82, 2.24) is 14.6 Å². The number of amides is 1. The van der Waals surface area contributed by atoms with Gasteiger partial charge in [0.15, 0.2) is 5.65 Å². The van der Waals surface area contributed by atoms with Crippen molar-refractivity contribution in [2.24, 2.45) is 0 Å². The van der Waals surface area contributed by atoms with Crippen LogP contribution < -0.4 is 5.32 Å². The molecule has 0 aliphatic carbocycles. The van der Waals surface area contributed by atoms with E-state index in [0.29, 0.717) is 30.7 Å². The van der Waals surface area contributed by atoms with Crippen LogP contribution >= 0.6 is 0 Å². The second kappa shape index (κ2) is 9.65. The smallest absolute Gasteiger partial charge is 0.338 e. The zero-order valence-electron chi connectivity index (χ0n) is 19.0. The second-order valence-corrected chi connectivity index (χ2v) is 7.77. The van der Waals surface area contributed by atoms with Crippen molar-refractivity contribution in [3.63, 3.8) is 0 Å². The number of anilines is 1. The Morgan fingerprint density at radius 3 is 2.45 bits per heavy atom. The Morgan fingerprint density at radius 2 is 1.76 bits per heavy atom. The monoisotopic (exact) mass is 442 g/mol. The minimum absolute atomic E-state index is 0.108. The van der Waals surface area contributed by atoms with Crippen LogP contribution in [-0.2, 0) is 16.0 Å². The molecule has 0 spiro atoms. The van der Waals surface area contributed by atoms with Crippen molar-refractivity contribution < 1.29 is 14.3 Å². The van der Waals surface area contributed by atoms with Gasteiger partial charge in [0.2, 0.25) is 5.91 Å². The molecule has 0 aliphatic heterocycles. The van der Waals surface area contributed by atoms with E-state index in [4.69, 9.17) is 14.8 Å². The van der Waals surface area contributed by atoms with Gasteiger partial charge >= 0.3 is 5.97 Å². The number of aromatic nitrogens is 3. The van der Waals surface area contributed by atoms with Crippen LogP contribution in [0.2, 0.25) is 0 Å². The Labute approximate surface area is 192 Å². The highest BCUT2D eigenvalue weighted by Crippen LogP contribution is 2.22. The van der Waals surface area contributed by atoms with Crippen molar-refractivity contribution in [2.45, 2.75) is 33.6 Å². The molecule has 0 fully saturated rings. The van der Waals surface area contributed by atoms with Gasteiger partial charge in [-0.05, 0) is 57.0 Å². The maximum atomic E-state index is 12.5. The molecule has 2 heterocycles. The van der Waals surface area contributed by atoms with E-state index < -0.39 is 0 Å². The molecule has 0 saturated heterocycles. The van der Waals surface area contributed by atoms with Crippen LogP contribution in [0.1, 0.15) is 40.7 Å². The SMILES string of the molecule is CCOC(=O)c1ccc(NC(=O)CCc2c(C)nc3cc(-c4ccccc4)nn3c2C)cc1. The summed E-state index contributed by atoms with van der Waals surface area (Å²) in [5, 5.41) is 7.61. The average molecular weight is 443 g/mol. The number of ether oxygens (including phenoxy) is 1. The van der Waals surface area contributed by atoms with Gasteiger partial charge in [0.05, 0.1) is 17.9 Å². The second-order valence-electron chi connectivity index (χ2n) is 7.77. The lowest BCUT2D eigenvalue weighted by Gasteiger charge is -2.11. The van der Waals surface area contributed by atoms with E-state index in [-0.39, 0.29) is 11.9 Å². The normalized spacial score (nSPS) is 10.9. The molecule has 2 aromatic heterocycles. The number of hydrogen-bond donors (Lipinski definition) is 1. The molecule has 2 aromatic carbocycles. The van der Waals surface area contributed by atoms with E-state index in [0.717, 1.165) is 33.9 Å². The fourth-order valence-electron chi connectivity index (χ4n) is 3.80. The fraction of sp³-hybridized carbons (Fsp3) is 0.231. The maximum absolute atomic E-state index is 12.5. The summed E-state index contributed by atoms with van der Waals surface area (Å²) in [4.78, 5) is 29.0. The Bertz CT molecular complexity index is 1290. The maximum Gasteiger partial charge on any atom is 0.338 e. The molecular formula is C26H26N4O3. The third-order valence-electron chi connectivity index (χ3n) is 5.52. The number of aryl methyl sites for hydroxylation is 2. The number of hydrogen-bond acceptors (Lipinski definition) is 5. The summed E-state index contributed by atoms with van der Waals surface area (Å²) in [5.41, 5.74) is 6.67. The number of nitrogens with zero attached hydrogens (tertiary/aromatic N) is 3. The molecule has 0 aliphatic rings. The van der Waals surface area contributed by atoms with Crippen LogP contribution in [0.4, 0.5) is 5.69 Å². The molecule has 168 valence electrons. The zero-order valence-corrected chi connectivity index (χ0v) is 19.0. The highest BCUT2D eigenvalue weighted by molar-refractivity contribution is 5.93. The lowest BCUT2D eigenvalue weighted by molar-refractivity contribution is -0.116. The van der Waals surface area contributed by atoms with Crippen molar-refractivity contribution in [2.75, 3.05) is 11.9 Å². The standard InChI is InChI=1S/C26H26N4O3/c1-4-33-26(32)20-10-12-21(13-11-20)28-25(31)15-14-22-17(2)27-24-16-23(29-30(24)18(22)3)19-8-6-5-7-9-19/h5-13,16H,4,14-15H2,1-3H3,(H,28,31). The number of rotatable bonds is 7. The highest BCUT2D eigenvalue weighted by Gasteiger charge is 2.15. The van der Waals surface area contributed by atoms with Crippen molar-refractivity contribution >= 4 is 23.2 Å². The third kappa shape index (κ3) is 4.92. The summed E-state index contributed by atoms with van der Waals surface area (Å²) in [6.45, 7) is 6.05. The number of fused-ring (bicyclic) bond motifs is 1. The molecule has 0 bridgehead atoms. The minimum atomic E-state index is -0.377. The van der Waals surface area contributed by atoms with Gasteiger partial charge in [-0.1, -0.05) is 30.3 Å². The molecule has 1 amide bonds. The third-order valence-corrected chi connectivity index (χ3v) is 5.52. The summed E-state index contributed by atoms with van der Waals surface area (Å²) in [5.74, 6) is -0.485. The molecular weight excluding hydrogens is 416 g/mol. The molecule has 1 N–H and O–H groups in total.